The number of nitrogens with zero attached hydrogens (tertiary/aromatic N) is 4. The third-order valence-corrected chi connectivity index (χ3v) is 2.23. The van der Waals surface area contributed by atoms with Gasteiger partial charge in [-0.15, -0.1) is 10.2 Å². The molecule has 0 radical (unpaired) electrons. The second kappa shape index (κ2) is 4.07. The van der Waals surface area contributed by atoms with Crippen LogP contribution < -0.4 is 0 Å². The van der Waals surface area contributed by atoms with Gasteiger partial charge in [-0.25, -0.2) is 9.78 Å². The molecule has 1 N–H and O–H groups in total. The summed E-state index contributed by atoms with van der Waals surface area (Å²) in [4.78, 5) is 14.3. The number of carbonyl (C=O) groups is 1. The van der Waals surface area contributed by atoms with Crippen molar-refractivity contribution in [3.8, 4) is 5.69 Å². The minimum atomic E-state index is -1.12. The lowest BCUT2D eigenvalue weighted by Gasteiger charge is -2.02. The van der Waals surface area contributed by atoms with Crippen LogP contribution in [0.3, 0.4) is 0 Å². The second-order valence-electron chi connectivity index (χ2n) is 2.81. The fraction of sp³-hybridized carbons (Fsp3) is 0. The zero-order valence-corrected chi connectivity index (χ0v) is 9.14. The molecular weight excluding hydrogens is 255 g/mol. The van der Waals surface area contributed by atoms with Crippen molar-refractivity contribution in [2.75, 3.05) is 0 Å². The van der Waals surface area contributed by atoms with Gasteiger partial charge in [0.15, 0.2) is 16.0 Å². The molecule has 0 saturated heterocycles. The molecule has 0 saturated carbocycles. The Labute approximate surface area is 99.5 Å². The van der Waals surface area contributed by atoms with E-state index in [2.05, 4.69) is 15.2 Å². The van der Waals surface area contributed by atoms with Gasteiger partial charge in [0.25, 0.3) is 0 Å². The normalized spacial score (nSPS) is 10.4. The molecule has 0 bridgehead atoms. The molecule has 0 atom stereocenters. The van der Waals surface area contributed by atoms with Crippen molar-refractivity contribution in [1.82, 2.24) is 19.7 Å². The van der Waals surface area contributed by atoms with Gasteiger partial charge in [-0.05, 0) is 0 Å². The van der Waals surface area contributed by atoms with Gasteiger partial charge in [0.1, 0.15) is 6.33 Å². The predicted molar refractivity (Wildman–Crippen MR) is 56.1 cm³/mol. The molecule has 16 heavy (non-hydrogen) atoms. The van der Waals surface area contributed by atoms with Crippen LogP contribution in [0.25, 0.3) is 5.69 Å². The van der Waals surface area contributed by atoms with E-state index in [1.54, 1.807) is 0 Å². The van der Waals surface area contributed by atoms with Gasteiger partial charge in [0, 0.05) is 12.3 Å². The number of hydrogen-bond donors (Lipinski definition) is 1. The molecule has 0 aliphatic heterocycles. The summed E-state index contributed by atoms with van der Waals surface area (Å²) in [6.07, 6.45) is 2.62. The van der Waals surface area contributed by atoms with Crippen LogP contribution in [0.1, 0.15) is 10.5 Å². The lowest BCUT2D eigenvalue weighted by Crippen LogP contribution is -1.97. The Balaban J connectivity index is 2.50. The Morgan fingerprint density at radius 3 is 2.75 bits per heavy atom. The molecule has 0 aromatic carbocycles. The minimum absolute atomic E-state index is 0.0935. The first kappa shape index (κ1) is 10.8. The molecule has 82 valence electrons. The lowest BCUT2D eigenvalue weighted by molar-refractivity contribution is 0.0691. The molecule has 0 aliphatic rings. The smallest absolute Gasteiger partial charge is 0.356 e. The fourth-order valence-electron chi connectivity index (χ4n) is 1.09. The van der Waals surface area contributed by atoms with Gasteiger partial charge in [-0.2, -0.15) is 0 Å². The number of carboxylic acid groups (broad SMARTS) is 1. The lowest BCUT2D eigenvalue weighted by atomic mass is 10.4. The summed E-state index contributed by atoms with van der Waals surface area (Å²) in [6, 6.07) is 1.46. The zero-order chi connectivity index (χ0) is 11.7. The molecule has 8 heteroatoms. The molecule has 2 rings (SSSR count). The topological polar surface area (TPSA) is 80.9 Å². The van der Waals surface area contributed by atoms with E-state index in [-0.39, 0.29) is 16.0 Å². The summed E-state index contributed by atoms with van der Waals surface area (Å²) in [5, 5.41) is 16.1. The number of hydrogen-bond acceptors (Lipinski definition) is 4. The molecule has 0 unspecified atom stereocenters. The molecule has 6 nitrogen and oxygen atoms in total. The Hall–Kier alpha value is -1.66. The second-order valence-corrected chi connectivity index (χ2v) is 3.56. The average molecular weight is 259 g/mol. The molecule has 2 heterocycles. The van der Waals surface area contributed by atoms with E-state index in [0.29, 0.717) is 5.69 Å². The molecule has 0 aliphatic carbocycles. The maximum Gasteiger partial charge on any atom is 0.356 e. The molecular formula is C8H4Cl2N4O2. The van der Waals surface area contributed by atoms with E-state index in [9.17, 15) is 4.79 Å². The minimum Gasteiger partial charge on any atom is -0.476 e. The van der Waals surface area contributed by atoms with Crippen LogP contribution in [0.4, 0.5) is 0 Å². The highest BCUT2D eigenvalue weighted by molar-refractivity contribution is 6.32. The van der Waals surface area contributed by atoms with Gasteiger partial charge < -0.3 is 9.67 Å². The van der Waals surface area contributed by atoms with Crippen LogP contribution in [0.15, 0.2) is 18.6 Å². The van der Waals surface area contributed by atoms with Crippen molar-refractivity contribution in [3.05, 3.63) is 34.6 Å². The highest BCUT2D eigenvalue weighted by Gasteiger charge is 2.11. The van der Waals surface area contributed by atoms with Crippen molar-refractivity contribution in [3.63, 3.8) is 0 Å². The predicted octanol–water partition coefficient (Wildman–Crippen LogP) is 1.67. The third kappa shape index (κ3) is 1.98. The molecule has 0 amide bonds. The third-order valence-electron chi connectivity index (χ3n) is 1.78. The average Bonchev–Trinajstić information content (AvgIpc) is 2.70. The van der Waals surface area contributed by atoms with Crippen molar-refractivity contribution >= 4 is 29.2 Å². The van der Waals surface area contributed by atoms with Crippen LogP contribution in [-0.4, -0.2) is 30.8 Å². The van der Waals surface area contributed by atoms with Crippen LogP contribution in [0.5, 0.6) is 0 Å². The zero-order valence-electron chi connectivity index (χ0n) is 7.63. The molecule has 2 aromatic rings. The number of imidazole rings is 1. The summed E-state index contributed by atoms with van der Waals surface area (Å²) in [5.41, 5.74) is 0.325. The van der Waals surface area contributed by atoms with E-state index in [1.807, 2.05) is 0 Å². The van der Waals surface area contributed by atoms with Gasteiger partial charge in [-0.3, -0.25) is 0 Å². The number of aromatic nitrogens is 4. The summed E-state index contributed by atoms with van der Waals surface area (Å²) in [5.74, 6) is -1.12. The largest absolute Gasteiger partial charge is 0.476 e. The number of carboxylic acids is 1. The first-order valence-corrected chi connectivity index (χ1v) is 4.80. The maximum absolute atomic E-state index is 10.6. The van der Waals surface area contributed by atoms with Crippen molar-refractivity contribution < 1.29 is 9.90 Å². The number of halogens is 2. The van der Waals surface area contributed by atoms with Crippen LogP contribution >= 0.6 is 23.2 Å². The monoisotopic (exact) mass is 258 g/mol. The highest BCUT2D eigenvalue weighted by Crippen LogP contribution is 2.19. The molecule has 0 fully saturated rings. The van der Waals surface area contributed by atoms with Gasteiger partial charge >= 0.3 is 5.97 Å². The first-order valence-electron chi connectivity index (χ1n) is 4.04. The van der Waals surface area contributed by atoms with Crippen molar-refractivity contribution in [2.24, 2.45) is 0 Å². The number of aromatic carboxylic acids is 1. The Morgan fingerprint density at radius 2 is 2.12 bits per heavy atom. The van der Waals surface area contributed by atoms with Gasteiger partial charge in [-0.1, -0.05) is 23.2 Å². The van der Waals surface area contributed by atoms with Crippen molar-refractivity contribution in [2.45, 2.75) is 0 Å². The van der Waals surface area contributed by atoms with Crippen LogP contribution in [-0.2, 0) is 0 Å². The molecule has 2 aromatic heterocycles. The van der Waals surface area contributed by atoms with E-state index in [0.717, 1.165) is 0 Å². The Kier molecular flexibility index (Phi) is 2.76. The number of rotatable bonds is 2. The molecule has 0 spiro atoms. The Bertz CT molecular complexity index is 555. The highest BCUT2D eigenvalue weighted by atomic mass is 35.5. The Morgan fingerprint density at radius 1 is 1.38 bits per heavy atom. The van der Waals surface area contributed by atoms with Crippen molar-refractivity contribution in [1.29, 1.82) is 0 Å². The summed E-state index contributed by atoms with van der Waals surface area (Å²) in [6.45, 7) is 0. The maximum atomic E-state index is 10.6. The van der Waals surface area contributed by atoms with Crippen LogP contribution in [0.2, 0.25) is 10.3 Å². The first-order chi connectivity index (χ1) is 7.58. The SMILES string of the molecule is O=C(O)c1cn(-c2cc(Cl)nnc2Cl)cn1. The summed E-state index contributed by atoms with van der Waals surface area (Å²) >= 11 is 11.4. The summed E-state index contributed by atoms with van der Waals surface area (Å²) < 4.78 is 1.41. The van der Waals surface area contributed by atoms with Crippen LogP contribution in [0, 0.1) is 0 Å². The quantitative estimate of drug-likeness (QED) is 0.887. The summed E-state index contributed by atoms with van der Waals surface area (Å²) in [7, 11) is 0. The van der Waals surface area contributed by atoms with Gasteiger partial charge in [0.05, 0.1) is 5.69 Å². The van der Waals surface area contributed by atoms with Gasteiger partial charge in [0.2, 0.25) is 0 Å². The van der Waals surface area contributed by atoms with E-state index >= 15 is 0 Å². The standard InChI is InChI=1S/C8H4Cl2N4O2/c9-6-1-5(7(10)13-12-6)14-2-4(8(15)16)11-3-14/h1-3H,(H,15,16). The van der Waals surface area contributed by atoms with E-state index in [1.165, 1.54) is 23.2 Å². The van der Waals surface area contributed by atoms with E-state index in [4.69, 9.17) is 28.3 Å². The fourth-order valence-corrected chi connectivity index (χ4v) is 1.42. The van der Waals surface area contributed by atoms with E-state index < -0.39 is 5.97 Å².